The highest BCUT2D eigenvalue weighted by Crippen LogP contribution is 2.26. The summed E-state index contributed by atoms with van der Waals surface area (Å²) in [7, 11) is -3.63. The first-order valence-corrected chi connectivity index (χ1v) is 8.06. The van der Waals surface area contributed by atoms with Gasteiger partial charge in [0.25, 0.3) is 0 Å². The van der Waals surface area contributed by atoms with E-state index in [0.29, 0.717) is 5.39 Å². The molecule has 1 saturated heterocycles. The molecule has 0 aromatic heterocycles. The van der Waals surface area contributed by atoms with Crippen molar-refractivity contribution in [2.24, 2.45) is 0 Å². The normalized spacial score (nSPS) is 20.2. The molecule has 1 aliphatic rings. The maximum absolute atomic E-state index is 12.8. The molecular weight excluding hydrogens is 288 g/mol. The Balaban J connectivity index is 2.07. The van der Waals surface area contributed by atoms with Crippen molar-refractivity contribution in [1.82, 2.24) is 4.31 Å². The van der Waals surface area contributed by atoms with Gasteiger partial charge in [0.05, 0.1) is 24.1 Å². The fourth-order valence-corrected chi connectivity index (χ4v) is 4.12. The van der Waals surface area contributed by atoms with Crippen molar-refractivity contribution in [3.05, 3.63) is 42.5 Å². The molecular formula is C15H14N2O3S. The van der Waals surface area contributed by atoms with Gasteiger partial charge in [-0.05, 0) is 11.5 Å². The van der Waals surface area contributed by atoms with Gasteiger partial charge in [0.1, 0.15) is 0 Å². The quantitative estimate of drug-likeness (QED) is 0.847. The van der Waals surface area contributed by atoms with Gasteiger partial charge in [-0.3, -0.25) is 0 Å². The summed E-state index contributed by atoms with van der Waals surface area (Å²) in [4.78, 5) is 0.277. The molecule has 1 unspecified atom stereocenters. The SMILES string of the molecule is N#CC1CN(S(=O)(=O)c2cccc3ccccc23)CCO1. The Kier molecular flexibility index (Phi) is 3.64. The number of nitrogens with zero attached hydrogens (tertiary/aromatic N) is 2. The number of hydrogen-bond donors (Lipinski definition) is 0. The smallest absolute Gasteiger partial charge is 0.243 e. The van der Waals surface area contributed by atoms with Crippen LogP contribution in [0.2, 0.25) is 0 Å². The minimum atomic E-state index is -3.63. The lowest BCUT2D eigenvalue weighted by atomic mass is 10.1. The van der Waals surface area contributed by atoms with Crippen LogP contribution in [0.15, 0.2) is 47.4 Å². The van der Waals surface area contributed by atoms with E-state index in [4.69, 9.17) is 10.00 Å². The van der Waals surface area contributed by atoms with Crippen LogP contribution >= 0.6 is 0 Å². The van der Waals surface area contributed by atoms with Crippen LogP contribution in [0.4, 0.5) is 0 Å². The molecule has 0 radical (unpaired) electrons. The number of nitriles is 1. The predicted molar refractivity (Wildman–Crippen MR) is 78.1 cm³/mol. The Hall–Kier alpha value is -1.94. The Morgan fingerprint density at radius 1 is 1.19 bits per heavy atom. The lowest BCUT2D eigenvalue weighted by Gasteiger charge is -2.29. The molecule has 5 nitrogen and oxygen atoms in total. The van der Waals surface area contributed by atoms with Crippen LogP contribution in [0.3, 0.4) is 0 Å². The van der Waals surface area contributed by atoms with E-state index < -0.39 is 16.1 Å². The number of rotatable bonds is 2. The van der Waals surface area contributed by atoms with Gasteiger partial charge in [-0.1, -0.05) is 36.4 Å². The van der Waals surface area contributed by atoms with Gasteiger partial charge in [-0.15, -0.1) is 0 Å². The summed E-state index contributed by atoms with van der Waals surface area (Å²) in [5, 5.41) is 10.5. The fraction of sp³-hybridized carbons (Fsp3) is 0.267. The minimum absolute atomic E-state index is 0.0715. The first-order valence-electron chi connectivity index (χ1n) is 6.62. The lowest BCUT2D eigenvalue weighted by Crippen LogP contribution is -2.45. The number of ether oxygens (including phenoxy) is 1. The average Bonchev–Trinajstić information content (AvgIpc) is 2.54. The van der Waals surface area contributed by atoms with E-state index in [2.05, 4.69) is 0 Å². The summed E-state index contributed by atoms with van der Waals surface area (Å²) >= 11 is 0. The standard InChI is InChI=1S/C15H14N2O3S/c16-10-13-11-17(8-9-20-13)21(18,19)15-7-3-5-12-4-1-2-6-14(12)15/h1-7,13H,8-9,11H2. The molecule has 1 aliphatic heterocycles. The number of benzene rings is 2. The summed E-state index contributed by atoms with van der Waals surface area (Å²) < 4.78 is 32.2. The Morgan fingerprint density at radius 3 is 2.76 bits per heavy atom. The molecule has 2 aromatic carbocycles. The fourth-order valence-electron chi connectivity index (χ4n) is 2.48. The van der Waals surface area contributed by atoms with Gasteiger partial charge in [-0.25, -0.2) is 8.42 Å². The van der Waals surface area contributed by atoms with E-state index in [1.54, 1.807) is 18.2 Å². The highest BCUT2D eigenvalue weighted by atomic mass is 32.2. The van der Waals surface area contributed by atoms with Crippen LogP contribution in [0.5, 0.6) is 0 Å². The molecule has 1 fully saturated rings. The van der Waals surface area contributed by atoms with Crippen LogP contribution in [0, 0.1) is 11.3 Å². The highest BCUT2D eigenvalue weighted by Gasteiger charge is 2.31. The van der Waals surface area contributed by atoms with Crippen molar-refractivity contribution in [3.8, 4) is 6.07 Å². The van der Waals surface area contributed by atoms with Gasteiger partial charge in [0, 0.05) is 11.9 Å². The molecule has 1 heterocycles. The molecule has 0 N–H and O–H groups in total. The lowest BCUT2D eigenvalue weighted by molar-refractivity contribution is 0.0311. The van der Waals surface area contributed by atoms with Crippen molar-refractivity contribution >= 4 is 20.8 Å². The molecule has 1 atom stereocenters. The summed E-state index contributed by atoms with van der Waals surface area (Å²) in [5.74, 6) is 0. The first kappa shape index (κ1) is 14.0. The van der Waals surface area contributed by atoms with E-state index >= 15 is 0 Å². The van der Waals surface area contributed by atoms with Gasteiger partial charge < -0.3 is 4.74 Å². The third kappa shape index (κ3) is 2.51. The third-order valence-electron chi connectivity index (χ3n) is 3.54. The summed E-state index contributed by atoms with van der Waals surface area (Å²) in [6.07, 6.45) is -0.705. The Bertz CT molecular complexity index is 806. The zero-order chi connectivity index (χ0) is 14.9. The number of morpholine rings is 1. The van der Waals surface area contributed by atoms with Crippen molar-refractivity contribution in [1.29, 1.82) is 5.26 Å². The Morgan fingerprint density at radius 2 is 1.95 bits per heavy atom. The van der Waals surface area contributed by atoms with E-state index in [-0.39, 0.29) is 24.6 Å². The van der Waals surface area contributed by atoms with Gasteiger partial charge in [-0.2, -0.15) is 9.57 Å². The molecule has 0 amide bonds. The largest absolute Gasteiger partial charge is 0.361 e. The average molecular weight is 302 g/mol. The maximum Gasteiger partial charge on any atom is 0.243 e. The molecule has 2 aromatic rings. The van der Waals surface area contributed by atoms with E-state index in [0.717, 1.165) is 5.39 Å². The van der Waals surface area contributed by atoms with E-state index in [1.165, 1.54) is 4.31 Å². The predicted octanol–water partition coefficient (Wildman–Crippen LogP) is 1.75. The van der Waals surface area contributed by atoms with Gasteiger partial charge in [0.15, 0.2) is 6.10 Å². The number of sulfonamides is 1. The molecule has 21 heavy (non-hydrogen) atoms. The molecule has 0 saturated carbocycles. The third-order valence-corrected chi connectivity index (χ3v) is 5.46. The van der Waals surface area contributed by atoms with Crippen LogP contribution in [0.1, 0.15) is 0 Å². The second-order valence-electron chi connectivity index (χ2n) is 4.83. The summed E-state index contributed by atoms with van der Waals surface area (Å²) in [5.41, 5.74) is 0. The van der Waals surface area contributed by atoms with Crippen molar-refractivity contribution in [3.63, 3.8) is 0 Å². The van der Waals surface area contributed by atoms with Crippen LogP contribution in [0.25, 0.3) is 10.8 Å². The van der Waals surface area contributed by atoms with Crippen molar-refractivity contribution in [2.45, 2.75) is 11.0 Å². The molecule has 0 aliphatic carbocycles. The van der Waals surface area contributed by atoms with Gasteiger partial charge >= 0.3 is 0 Å². The zero-order valence-electron chi connectivity index (χ0n) is 11.3. The van der Waals surface area contributed by atoms with E-state index in [9.17, 15) is 8.42 Å². The molecule has 0 spiro atoms. The highest BCUT2D eigenvalue weighted by molar-refractivity contribution is 7.89. The van der Waals surface area contributed by atoms with Gasteiger partial charge in [0.2, 0.25) is 10.0 Å². The molecule has 3 rings (SSSR count). The Labute approximate surface area is 123 Å². The van der Waals surface area contributed by atoms with Crippen LogP contribution in [-0.4, -0.2) is 38.5 Å². The second-order valence-corrected chi connectivity index (χ2v) is 6.74. The second kappa shape index (κ2) is 5.45. The molecule has 108 valence electrons. The molecule has 6 heteroatoms. The number of hydrogen-bond acceptors (Lipinski definition) is 4. The van der Waals surface area contributed by atoms with E-state index in [1.807, 2.05) is 30.3 Å². The van der Waals surface area contributed by atoms with Crippen molar-refractivity contribution < 1.29 is 13.2 Å². The monoisotopic (exact) mass is 302 g/mol. The summed E-state index contributed by atoms with van der Waals surface area (Å²) in [6, 6.07) is 14.6. The van der Waals surface area contributed by atoms with Crippen LogP contribution < -0.4 is 0 Å². The maximum atomic E-state index is 12.8. The first-order chi connectivity index (χ1) is 10.1. The van der Waals surface area contributed by atoms with Crippen LogP contribution in [-0.2, 0) is 14.8 Å². The summed E-state index contributed by atoms with van der Waals surface area (Å²) in [6.45, 7) is 0.577. The minimum Gasteiger partial charge on any atom is -0.361 e. The zero-order valence-corrected chi connectivity index (χ0v) is 12.1. The van der Waals surface area contributed by atoms with Crippen molar-refractivity contribution in [2.75, 3.05) is 19.7 Å². The number of fused-ring (bicyclic) bond motifs is 1. The molecule has 0 bridgehead atoms. The topological polar surface area (TPSA) is 70.4 Å².